The molecule has 4 nitrogen and oxygen atoms in total. The predicted octanol–water partition coefficient (Wildman–Crippen LogP) is 1.46. The molecule has 2 N–H and O–H groups in total. The molecule has 0 atom stereocenters. The van der Waals surface area contributed by atoms with E-state index in [4.69, 9.17) is 5.73 Å². The molecule has 0 unspecified atom stereocenters. The highest BCUT2D eigenvalue weighted by Gasteiger charge is 2.20. The van der Waals surface area contributed by atoms with Crippen LogP contribution >= 0.6 is 0 Å². The van der Waals surface area contributed by atoms with Crippen molar-refractivity contribution in [1.29, 1.82) is 0 Å². The molecule has 0 spiro atoms. The number of nitrogens with zero attached hydrogens (tertiary/aromatic N) is 3. The number of hydrogen-bond donors (Lipinski definition) is 1. The molecule has 0 aliphatic heterocycles. The predicted molar refractivity (Wildman–Crippen MR) is 57.5 cm³/mol. The van der Waals surface area contributed by atoms with Crippen LogP contribution in [0, 0.1) is 0 Å². The summed E-state index contributed by atoms with van der Waals surface area (Å²) in [4.78, 5) is 4.44. The van der Waals surface area contributed by atoms with Crippen molar-refractivity contribution in [2.24, 2.45) is 5.73 Å². The first-order valence-corrected chi connectivity index (χ1v) is 5.40. The third-order valence-electron chi connectivity index (χ3n) is 3.25. The molecule has 15 heavy (non-hydrogen) atoms. The molecule has 0 aromatic carbocycles. The number of aromatic nitrogens is 3. The van der Waals surface area contributed by atoms with Crippen molar-refractivity contribution < 1.29 is 0 Å². The van der Waals surface area contributed by atoms with Crippen LogP contribution in [0.25, 0.3) is 5.65 Å². The van der Waals surface area contributed by atoms with Crippen LogP contribution in [0.2, 0.25) is 0 Å². The normalized spacial score (nSPS) is 16.9. The van der Waals surface area contributed by atoms with Crippen LogP contribution < -0.4 is 5.73 Å². The summed E-state index contributed by atoms with van der Waals surface area (Å²) in [6.07, 6.45) is 9.78. The number of rotatable bonds is 2. The molecular weight excluding hydrogens is 188 g/mol. The lowest BCUT2D eigenvalue weighted by Gasteiger charge is -2.25. The number of fused-ring (bicyclic) bond motifs is 1. The fraction of sp³-hybridized carbons (Fsp3) is 0.455. The molecule has 0 saturated heterocycles. The molecule has 1 aliphatic carbocycles. The lowest BCUT2D eigenvalue weighted by atomic mass is 9.81. The third kappa shape index (κ3) is 1.33. The van der Waals surface area contributed by atoms with Gasteiger partial charge < -0.3 is 5.73 Å². The number of nitrogens with two attached hydrogens (primary N) is 1. The Balaban J connectivity index is 2.06. The summed E-state index contributed by atoms with van der Waals surface area (Å²) < 4.78 is 1.84. The maximum Gasteiger partial charge on any atom is 0.159 e. The van der Waals surface area contributed by atoms with Gasteiger partial charge in [-0.3, -0.25) is 0 Å². The zero-order valence-electron chi connectivity index (χ0n) is 8.56. The quantitative estimate of drug-likeness (QED) is 0.802. The first kappa shape index (κ1) is 8.85. The van der Waals surface area contributed by atoms with E-state index in [2.05, 4.69) is 16.3 Å². The molecule has 78 valence electrons. The van der Waals surface area contributed by atoms with E-state index in [0.29, 0.717) is 12.5 Å². The maximum atomic E-state index is 5.60. The second-order valence-corrected chi connectivity index (χ2v) is 4.16. The smallest absolute Gasteiger partial charge is 0.159 e. The van der Waals surface area contributed by atoms with Crippen LogP contribution in [0.15, 0.2) is 18.6 Å². The number of hydrogen-bond acceptors (Lipinski definition) is 3. The Labute approximate surface area is 88.1 Å². The Morgan fingerprint density at radius 2 is 2.27 bits per heavy atom. The summed E-state index contributed by atoms with van der Waals surface area (Å²) in [6.45, 7) is 0.499. The molecule has 0 bridgehead atoms. The first-order chi connectivity index (χ1) is 7.38. The lowest BCUT2D eigenvalue weighted by Crippen LogP contribution is -2.10. The minimum Gasteiger partial charge on any atom is -0.326 e. The van der Waals surface area contributed by atoms with Gasteiger partial charge in [0.05, 0.1) is 6.20 Å². The standard InChI is InChI=1S/C11H14N4/c12-4-9-6-14-15-7-10(5-13-11(9)15)8-2-1-3-8/h5-8H,1-4,12H2. The Morgan fingerprint density at radius 3 is 2.93 bits per heavy atom. The molecule has 0 amide bonds. The van der Waals surface area contributed by atoms with Crippen LogP contribution in [0.4, 0.5) is 0 Å². The molecule has 2 heterocycles. The Hall–Kier alpha value is -1.42. The fourth-order valence-corrected chi connectivity index (χ4v) is 2.03. The van der Waals surface area contributed by atoms with Gasteiger partial charge in [-0.15, -0.1) is 0 Å². The van der Waals surface area contributed by atoms with Crippen LogP contribution in [-0.4, -0.2) is 14.6 Å². The maximum absolute atomic E-state index is 5.60. The van der Waals surface area contributed by atoms with Crippen LogP contribution in [0.1, 0.15) is 36.3 Å². The van der Waals surface area contributed by atoms with Gasteiger partial charge in [0, 0.05) is 24.5 Å². The zero-order valence-corrected chi connectivity index (χ0v) is 8.56. The summed E-state index contributed by atoms with van der Waals surface area (Å²) in [5, 5.41) is 4.27. The van der Waals surface area contributed by atoms with Crippen molar-refractivity contribution >= 4 is 5.65 Å². The summed E-state index contributed by atoms with van der Waals surface area (Å²) >= 11 is 0. The fourth-order valence-electron chi connectivity index (χ4n) is 2.03. The van der Waals surface area contributed by atoms with E-state index in [-0.39, 0.29) is 0 Å². The molecule has 3 rings (SSSR count). The summed E-state index contributed by atoms with van der Waals surface area (Å²) in [5.74, 6) is 0.701. The summed E-state index contributed by atoms with van der Waals surface area (Å²) in [5.41, 5.74) is 8.81. The second kappa shape index (κ2) is 3.31. The van der Waals surface area contributed by atoms with Crippen LogP contribution in [0.3, 0.4) is 0 Å². The molecule has 1 saturated carbocycles. The van der Waals surface area contributed by atoms with Gasteiger partial charge in [-0.2, -0.15) is 5.10 Å². The molecule has 4 heteroatoms. The van der Waals surface area contributed by atoms with Crippen molar-refractivity contribution in [1.82, 2.24) is 14.6 Å². The Bertz CT molecular complexity index is 484. The molecule has 1 fully saturated rings. The lowest BCUT2D eigenvalue weighted by molar-refractivity contribution is 0.417. The van der Waals surface area contributed by atoms with Gasteiger partial charge in [-0.25, -0.2) is 9.50 Å². The van der Waals surface area contributed by atoms with E-state index in [1.165, 1.54) is 24.8 Å². The van der Waals surface area contributed by atoms with E-state index >= 15 is 0 Å². The SMILES string of the molecule is NCc1cnn2cc(C3CCC3)cnc12. The highest BCUT2D eigenvalue weighted by Crippen LogP contribution is 2.35. The van der Waals surface area contributed by atoms with Crippen molar-refractivity contribution in [3.8, 4) is 0 Å². The van der Waals surface area contributed by atoms with Gasteiger partial charge in [0.25, 0.3) is 0 Å². The van der Waals surface area contributed by atoms with E-state index in [9.17, 15) is 0 Å². The average Bonchev–Trinajstić information content (AvgIpc) is 2.57. The second-order valence-electron chi connectivity index (χ2n) is 4.16. The van der Waals surface area contributed by atoms with Gasteiger partial charge in [0.15, 0.2) is 5.65 Å². The highest BCUT2D eigenvalue weighted by atomic mass is 15.2. The Morgan fingerprint density at radius 1 is 1.40 bits per heavy atom. The van der Waals surface area contributed by atoms with Crippen LogP contribution in [0.5, 0.6) is 0 Å². The molecule has 0 radical (unpaired) electrons. The first-order valence-electron chi connectivity index (χ1n) is 5.40. The third-order valence-corrected chi connectivity index (χ3v) is 3.25. The minimum absolute atomic E-state index is 0.499. The van der Waals surface area contributed by atoms with Gasteiger partial charge in [0.2, 0.25) is 0 Å². The zero-order chi connectivity index (χ0) is 10.3. The minimum atomic E-state index is 0.499. The van der Waals surface area contributed by atoms with Crippen LogP contribution in [-0.2, 0) is 6.54 Å². The monoisotopic (exact) mass is 202 g/mol. The van der Waals surface area contributed by atoms with Crippen molar-refractivity contribution in [3.05, 3.63) is 29.7 Å². The summed E-state index contributed by atoms with van der Waals surface area (Å²) in [6, 6.07) is 0. The average molecular weight is 202 g/mol. The van der Waals surface area contributed by atoms with Crippen molar-refractivity contribution in [2.75, 3.05) is 0 Å². The molecular formula is C11H14N4. The van der Waals surface area contributed by atoms with Gasteiger partial charge in [0.1, 0.15) is 0 Å². The van der Waals surface area contributed by atoms with Gasteiger partial charge in [-0.05, 0) is 24.3 Å². The van der Waals surface area contributed by atoms with Gasteiger partial charge >= 0.3 is 0 Å². The Kier molecular flexibility index (Phi) is 1.95. The summed E-state index contributed by atoms with van der Waals surface area (Å²) in [7, 11) is 0. The van der Waals surface area contributed by atoms with Gasteiger partial charge in [-0.1, -0.05) is 6.42 Å². The highest BCUT2D eigenvalue weighted by molar-refractivity contribution is 5.46. The van der Waals surface area contributed by atoms with E-state index < -0.39 is 0 Å². The van der Waals surface area contributed by atoms with Crippen molar-refractivity contribution in [3.63, 3.8) is 0 Å². The molecule has 2 aromatic rings. The van der Waals surface area contributed by atoms with E-state index in [0.717, 1.165) is 11.2 Å². The largest absolute Gasteiger partial charge is 0.326 e. The molecule has 2 aromatic heterocycles. The van der Waals surface area contributed by atoms with Crippen molar-refractivity contribution in [2.45, 2.75) is 31.7 Å². The van der Waals surface area contributed by atoms with E-state index in [1.807, 2.05) is 10.7 Å². The topological polar surface area (TPSA) is 56.2 Å². The van der Waals surface area contributed by atoms with E-state index in [1.54, 1.807) is 6.20 Å². The molecule has 1 aliphatic rings.